The molecular formula is C14H21BrN3O5P. The highest BCUT2D eigenvalue weighted by atomic mass is 79.9. The van der Waals surface area contributed by atoms with Crippen LogP contribution in [-0.2, 0) is 13.9 Å². The van der Waals surface area contributed by atoms with Crippen molar-refractivity contribution in [3.8, 4) is 0 Å². The molecule has 3 amide bonds. The lowest BCUT2D eigenvalue weighted by atomic mass is 9.98. The first kappa shape index (κ1) is 20.6. The Hall–Kier alpha value is -1.41. The molecule has 0 saturated carbocycles. The van der Waals surface area contributed by atoms with Crippen molar-refractivity contribution >= 4 is 41.8 Å². The zero-order valence-electron chi connectivity index (χ0n) is 13.3. The van der Waals surface area contributed by atoms with Gasteiger partial charge in [0.05, 0.1) is 0 Å². The summed E-state index contributed by atoms with van der Waals surface area (Å²) in [5.41, 5.74) is 0.584. The predicted octanol–water partition coefficient (Wildman–Crippen LogP) is 2.46. The molecule has 0 spiro atoms. The van der Waals surface area contributed by atoms with Crippen LogP contribution in [0.3, 0.4) is 0 Å². The molecular weight excluding hydrogens is 401 g/mol. The van der Waals surface area contributed by atoms with Crippen LogP contribution in [0.4, 0.5) is 10.5 Å². The van der Waals surface area contributed by atoms with E-state index in [2.05, 4.69) is 36.4 Å². The summed E-state index contributed by atoms with van der Waals surface area (Å²) in [6.07, 6.45) is 0.661. The number of urea groups is 1. The van der Waals surface area contributed by atoms with Crippen molar-refractivity contribution in [1.29, 1.82) is 0 Å². The van der Waals surface area contributed by atoms with Crippen LogP contribution in [-0.4, -0.2) is 29.6 Å². The fourth-order valence-electron chi connectivity index (χ4n) is 1.82. The van der Waals surface area contributed by atoms with Crippen molar-refractivity contribution in [2.45, 2.75) is 26.3 Å². The minimum Gasteiger partial charge on any atom is -0.331 e. The second-order valence-corrected chi connectivity index (χ2v) is 6.80. The summed E-state index contributed by atoms with van der Waals surface area (Å²) in [6, 6.07) is 5.68. The van der Waals surface area contributed by atoms with Gasteiger partial charge in [-0.1, -0.05) is 36.2 Å². The Morgan fingerprint density at radius 2 is 1.96 bits per heavy atom. The first-order chi connectivity index (χ1) is 11.3. The van der Waals surface area contributed by atoms with Crippen LogP contribution in [0.5, 0.6) is 0 Å². The van der Waals surface area contributed by atoms with Crippen molar-refractivity contribution in [2.24, 2.45) is 5.92 Å². The number of carbonyl (C=O) groups is 2. The summed E-state index contributed by atoms with van der Waals surface area (Å²) in [7, 11) is -3.12. The average Bonchev–Trinajstić information content (AvgIpc) is 2.53. The zero-order valence-corrected chi connectivity index (χ0v) is 15.9. The largest absolute Gasteiger partial charge is 0.331 e. The Bertz CT molecular complexity index is 584. The SMILES string of the molecule is CC[C@H](C)[C@H](NC(=O)Nc1ccc(Br)cc1)C(=O)NCO[PH](=O)O. The Morgan fingerprint density at radius 3 is 2.50 bits per heavy atom. The van der Waals surface area contributed by atoms with E-state index >= 15 is 0 Å². The van der Waals surface area contributed by atoms with Gasteiger partial charge >= 0.3 is 14.3 Å². The molecule has 3 atom stereocenters. The lowest BCUT2D eigenvalue weighted by Crippen LogP contribution is -2.51. The third-order valence-corrected chi connectivity index (χ3v) is 4.25. The average molecular weight is 422 g/mol. The van der Waals surface area contributed by atoms with Crippen molar-refractivity contribution < 1.29 is 23.6 Å². The third-order valence-electron chi connectivity index (χ3n) is 3.33. The molecule has 0 aliphatic rings. The molecule has 10 heteroatoms. The molecule has 1 rings (SSSR count). The maximum Gasteiger partial charge on any atom is 0.319 e. The lowest BCUT2D eigenvalue weighted by molar-refractivity contribution is -0.124. The Balaban J connectivity index is 2.63. The van der Waals surface area contributed by atoms with Gasteiger partial charge in [0.1, 0.15) is 12.8 Å². The number of hydrogen-bond acceptors (Lipinski definition) is 4. The molecule has 134 valence electrons. The molecule has 0 fully saturated rings. The topological polar surface area (TPSA) is 117 Å². The molecule has 0 aliphatic carbocycles. The van der Waals surface area contributed by atoms with Crippen LogP contribution in [0.2, 0.25) is 0 Å². The van der Waals surface area contributed by atoms with Crippen LogP contribution in [0, 0.1) is 5.92 Å². The van der Waals surface area contributed by atoms with Gasteiger partial charge in [-0.05, 0) is 30.2 Å². The molecule has 0 bridgehead atoms. The summed E-state index contributed by atoms with van der Waals surface area (Å²) in [4.78, 5) is 32.8. The highest BCUT2D eigenvalue weighted by Gasteiger charge is 2.25. The van der Waals surface area contributed by atoms with Gasteiger partial charge in [0, 0.05) is 10.2 Å². The van der Waals surface area contributed by atoms with Gasteiger partial charge < -0.3 is 20.8 Å². The van der Waals surface area contributed by atoms with Gasteiger partial charge in [0.25, 0.3) is 0 Å². The molecule has 24 heavy (non-hydrogen) atoms. The molecule has 1 unspecified atom stereocenters. The smallest absolute Gasteiger partial charge is 0.319 e. The fraction of sp³-hybridized carbons (Fsp3) is 0.429. The van der Waals surface area contributed by atoms with E-state index in [9.17, 15) is 14.2 Å². The minimum atomic E-state index is -3.12. The first-order valence-electron chi connectivity index (χ1n) is 7.30. The van der Waals surface area contributed by atoms with Crippen LogP contribution in [0.25, 0.3) is 0 Å². The van der Waals surface area contributed by atoms with E-state index in [4.69, 9.17) is 4.89 Å². The van der Waals surface area contributed by atoms with Gasteiger partial charge in [0.15, 0.2) is 0 Å². The first-order valence-corrected chi connectivity index (χ1v) is 9.35. The summed E-state index contributed by atoms with van der Waals surface area (Å²) >= 11 is 3.30. The molecule has 0 saturated heterocycles. The van der Waals surface area contributed by atoms with E-state index in [-0.39, 0.29) is 5.92 Å². The maximum atomic E-state index is 12.1. The van der Waals surface area contributed by atoms with E-state index in [0.29, 0.717) is 12.1 Å². The monoisotopic (exact) mass is 421 g/mol. The van der Waals surface area contributed by atoms with E-state index < -0.39 is 33.0 Å². The number of rotatable bonds is 8. The second kappa shape index (κ2) is 10.5. The third kappa shape index (κ3) is 7.44. The normalized spacial score (nSPS) is 14.3. The van der Waals surface area contributed by atoms with Crippen LogP contribution < -0.4 is 16.0 Å². The standard InChI is InChI=1S/C14H21BrN3O5P/c1-3-9(2)12(13(19)16-8-23-24(21)22)18-14(20)17-11-6-4-10(15)5-7-11/h4-7,9,12,24H,3,8H2,1-2H3,(H,16,19)(H,21,22)(H2,17,18,20)/t9-,12-/m0/s1. The van der Waals surface area contributed by atoms with Crippen LogP contribution >= 0.6 is 24.2 Å². The van der Waals surface area contributed by atoms with E-state index in [0.717, 1.165) is 4.47 Å². The quantitative estimate of drug-likeness (QED) is 0.379. The second-order valence-electron chi connectivity index (χ2n) is 5.06. The summed E-state index contributed by atoms with van der Waals surface area (Å²) < 4.78 is 15.8. The van der Waals surface area contributed by atoms with E-state index in [1.54, 1.807) is 24.3 Å². The van der Waals surface area contributed by atoms with E-state index in [1.807, 2.05) is 13.8 Å². The summed E-state index contributed by atoms with van der Waals surface area (Å²) in [6.45, 7) is 3.32. The minimum absolute atomic E-state index is 0.133. The number of benzene rings is 1. The lowest BCUT2D eigenvalue weighted by Gasteiger charge is -2.23. The summed E-state index contributed by atoms with van der Waals surface area (Å²) in [5, 5.41) is 7.61. The van der Waals surface area contributed by atoms with Crippen molar-refractivity contribution in [3.63, 3.8) is 0 Å². The Kier molecular flexibility index (Phi) is 8.99. The zero-order chi connectivity index (χ0) is 18.1. The number of carbonyl (C=O) groups excluding carboxylic acids is 2. The van der Waals surface area contributed by atoms with Crippen LogP contribution in [0.1, 0.15) is 20.3 Å². The highest BCUT2D eigenvalue weighted by Crippen LogP contribution is 2.15. The summed E-state index contributed by atoms with van der Waals surface area (Å²) in [5.74, 6) is -0.620. The number of nitrogens with one attached hydrogen (secondary N) is 3. The van der Waals surface area contributed by atoms with Gasteiger partial charge in [-0.2, -0.15) is 0 Å². The van der Waals surface area contributed by atoms with Crippen molar-refractivity contribution in [2.75, 3.05) is 12.0 Å². The molecule has 0 aromatic heterocycles. The molecule has 8 nitrogen and oxygen atoms in total. The predicted molar refractivity (Wildman–Crippen MR) is 94.9 cm³/mol. The van der Waals surface area contributed by atoms with E-state index in [1.165, 1.54) is 0 Å². The molecule has 4 N–H and O–H groups in total. The maximum absolute atomic E-state index is 12.1. The Morgan fingerprint density at radius 1 is 1.33 bits per heavy atom. The fourth-order valence-corrected chi connectivity index (χ4v) is 2.28. The number of anilines is 1. The molecule has 0 radical (unpaired) electrons. The molecule has 0 heterocycles. The number of amides is 3. The Labute approximate surface area is 149 Å². The molecule has 0 aliphatic heterocycles. The van der Waals surface area contributed by atoms with Crippen LogP contribution in [0.15, 0.2) is 28.7 Å². The van der Waals surface area contributed by atoms with Gasteiger partial charge in [0.2, 0.25) is 5.91 Å². The number of hydrogen-bond donors (Lipinski definition) is 4. The van der Waals surface area contributed by atoms with Crippen molar-refractivity contribution in [1.82, 2.24) is 10.6 Å². The van der Waals surface area contributed by atoms with Crippen molar-refractivity contribution in [3.05, 3.63) is 28.7 Å². The van der Waals surface area contributed by atoms with Gasteiger partial charge in [-0.15, -0.1) is 0 Å². The van der Waals surface area contributed by atoms with Gasteiger partial charge in [-0.3, -0.25) is 13.9 Å². The molecule has 1 aromatic carbocycles. The highest BCUT2D eigenvalue weighted by molar-refractivity contribution is 9.10. The molecule has 1 aromatic rings. The number of halogens is 1. The van der Waals surface area contributed by atoms with Gasteiger partial charge in [-0.25, -0.2) is 4.79 Å².